The summed E-state index contributed by atoms with van der Waals surface area (Å²) in [6.07, 6.45) is 2.10. The Bertz CT molecular complexity index is 543. The fraction of sp³-hybridized carbons (Fsp3) is 0.231. The van der Waals surface area contributed by atoms with Gasteiger partial charge in [-0.3, -0.25) is 9.78 Å². The summed E-state index contributed by atoms with van der Waals surface area (Å²) in [5.74, 6) is 0.130. The van der Waals surface area contributed by atoms with E-state index in [0.29, 0.717) is 6.42 Å². The van der Waals surface area contributed by atoms with E-state index >= 15 is 0 Å². The molecule has 17 heavy (non-hydrogen) atoms. The first-order valence-electron chi connectivity index (χ1n) is 5.27. The van der Waals surface area contributed by atoms with Gasteiger partial charge in [0.1, 0.15) is 0 Å². The summed E-state index contributed by atoms with van der Waals surface area (Å²) in [4.78, 5) is 17.1. The number of hydrogen-bond donors (Lipinski definition) is 0. The largest absolute Gasteiger partial charge is 0.293 e. The minimum atomic E-state index is 0.130. The van der Waals surface area contributed by atoms with Gasteiger partial charge in [0, 0.05) is 6.20 Å². The second-order valence-electron chi connectivity index (χ2n) is 3.93. The number of rotatable bonds is 3. The second kappa shape index (κ2) is 5.10. The van der Waals surface area contributed by atoms with Crippen LogP contribution in [-0.4, -0.2) is 10.8 Å². The van der Waals surface area contributed by atoms with Crippen molar-refractivity contribution in [3.8, 4) is 0 Å². The van der Waals surface area contributed by atoms with Gasteiger partial charge < -0.3 is 0 Å². The molecule has 0 saturated carbocycles. The van der Waals surface area contributed by atoms with Crippen molar-refractivity contribution in [1.82, 2.24) is 4.98 Å². The van der Waals surface area contributed by atoms with Crippen molar-refractivity contribution in [2.75, 3.05) is 0 Å². The van der Waals surface area contributed by atoms with Crippen LogP contribution in [-0.2, 0) is 6.42 Å². The summed E-state index contributed by atoms with van der Waals surface area (Å²) < 4.78 is 1.03. The number of thiophene rings is 1. The van der Waals surface area contributed by atoms with Crippen molar-refractivity contribution in [2.45, 2.75) is 20.3 Å². The smallest absolute Gasteiger partial charge is 0.178 e. The molecule has 0 radical (unpaired) electrons. The van der Waals surface area contributed by atoms with Crippen LogP contribution in [0.3, 0.4) is 0 Å². The minimum Gasteiger partial charge on any atom is -0.293 e. The highest BCUT2D eigenvalue weighted by Gasteiger charge is 2.13. The standard InChI is InChI=1S/C13H12BrNOS/c1-8-4-3-5-15-10(8)7-11(16)12-6-9(2)13(14)17-12/h3-6H,7H2,1-2H3. The lowest BCUT2D eigenvalue weighted by Gasteiger charge is -2.01. The molecule has 2 rings (SSSR count). The molecule has 2 aromatic rings. The zero-order chi connectivity index (χ0) is 12.4. The van der Waals surface area contributed by atoms with E-state index in [1.54, 1.807) is 6.20 Å². The van der Waals surface area contributed by atoms with Gasteiger partial charge in [0.2, 0.25) is 0 Å². The Morgan fingerprint density at radius 1 is 1.41 bits per heavy atom. The molecule has 0 unspecified atom stereocenters. The molecule has 0 aliphatic heterocycles. The van der Waals surface area contributed by atoms with Crippen LogP contribution in [0.4, 0.5) is 0 Å². The monoisotopic (exact) mass is 309 g/mol. The molecule has 0 spiro atoms. The number of carbonyl (C=O) groups is 1. The van der Waals surface area contributed by atoms with Gasteiger partial charge in [-0.05, 0) is 53.0 Å². The van der Waals surface area contributed by atoms with Crippen molar-refractivity contribution in [3.05, 3.63) is 49.9 Å². The highest BCUT2D eigenvalue weighted by molar-refractivity contribution is 9.11. The Labute approximate surface area is 113 Å². The van der Waals surface area contributed by atoms with Crippen LogP contribution in [0.5, 0.6) is 0 Å². The minimum absolute atomic E-state index is 0.130. The lowest BCUT2D eigenvalue weighted by atomic mass is 10.1. The summed E-state index contributed by atoms with van der Waals surface area (Å²) >= 11 is 4.92. The fourth-order valence-electron chi connectivity index (χ4n) is 1.54. The quantitative estimate of drug-likeness (QED) is 0.804. The Morgan fingerprint density at radius 3 is 2.76 bits per heavy atom. The number of Topliss-reactive ketones (excluding diaryl/α,β-unsaturated/α-hetero) is 1. The highest BCUT2D eigenvalue weighted by Crippen LogP contribution is 2.28. The number of aromatic nitrogens is 1. The van der Waals surface area contributed by atoms with Gasteiger partial charge in [-0.15, -0.1) is 11.3 Å². The molecule has 0 amide bonds. The maximum atomic E-state index is 12.1. The molecule has 0 bridgehead atoms. The SMILES string of the molecule is Cc1cccnc1CC(=O)c1cc(C)c(Br)s1. The number of hydrogen-bond acceptors (Lipinski definition) is 3. The molecular formula is C13H12BrNOS. The van der Waals surface area contributed by atoms with Gasteiger partial charge in [-0.2, -0.15) is 0 Å². The van der Waals surface area contributed by atoms with Gasteiger partial charge in [-0.1, -0.05) is 6.07 Å². The normalized spacial score (nSPS) is 10.5. The van der Waals surface area contributed by atoms with Gasteiger partial charge in [-0.25, -0.2) is 0 Å². The first-order valence-corrected chi connectivity index (χ1v) is 6.88. The molecule has 0 fully saturated rings. The average molecular weight is 310 g/mol. The molecule has 2 aromatic heterocycles. The third-order valence-electron chi connectivity index (χ3n) is 2.58. The number of carbonyl (C=O) groups excluding carboxylic acids is 1. The number of aryl methyl sites for hydroxylation is 2. The maximum Gasteiger partial charge on any atom is 0.178 e. The maximum absolute atomic E-state index is 12.1. The van der Waals surface area contributed by atoms with E-state index in [2.05, 4.69) is 20.9 Å². The molecule has 0 saturated heterocycles. The molecular weight excluding hydrogens is 298 g/mol. The number of ketones is 1. The van der Waals surface area contributed by atoms with Crippen molar-refractivity contribution < 1.29 is 4.79 Å². The molecule has 0 aromatic carbocycles. The number of halogens is 1. The van der Waals surface area contributed by atoms with Crippen LogP contribution >= 0.6 is 27.3 Å². The molecule has 0 aliphatic carbocycles. The topological polar surface area (TPSA) is 30.0 Å². The fourth-order valence-corrected chi connectivity index (χ4v) is 3.01. The Hall–Kier alpha value is -1.000. The molecule has 4 heteroatoms. The van der Waals surface area contributed by atoms with E-state index in [0.717, 1.165) is 25.5 Å². The van der Waals surface area contributed by atoms with Crippen LogP contribution < -0.4 is 0 Å². The van der Waals surface area contributed by atoms with Crippen LogP contribution in [0.25, 0.3) is 0 Å². The van der Waals surface area contributed by atoms with Crippen molar-refractivity contribution in [3.63, 3.8) is 0 Å². The summed E-state index contributed by atoms with van der Waals surface area (Å²) in [5.41, 5.74) is 3.03. The third kappa shape index (κ3) is 2.82. The van der Waals surface area contributed by atoms with Gasteiger partial charge in [0.25, 0.3) is 0 Å². The molecule has 2 heterocycles. The second-order valence-corrected chi connectivity index (χ2v) is 6.30. The molecule has 0 N–H and O–H groups in total. The zero-order valence-electron chi connectivity index (χ0n) is 9.66. The van der Waals surface area contributed by atoms with E-state index in [4.69, 9.17) is 0 Å². The highest BCUT2D eigenvalue weighted by atomic mass is 79.9. The first kappa shape index (κ1) is 12.5. The van der Waals surface area contributed by atoms with Crippen molar-refractivity contribution >= 4 is 33.0 Å². The number of nitrogens with zero attached hydrogens (tertiary/aromatic N) is 1. The summed E-state index contributed by atoms with van der Waals surface area (Å²) in [6.45, 7) is 3.97. The van der Waals surface area contributed by atoms with E-state index in [-0.39, 0.29) is 5.78 Å². The summed E-state index contributed by atoms with van der Waals surface area (Å²) in [7, 11) is 0. The summed E-state index contributed by atoms with van der Waals surface area (Å²) in [6, 6.07) is 5.79. The molecule has 0 aliphatic rings. The van der Waals surface area contributed by atoms with E-state index < -0.39 is 0 Å². The Balaban J connectivity index is 2.20. The Kier molecular flexibility index (Phi) is 3.74. The lowest BCUT2D eigenvalue weighted by molar-refractivity contribution is 0.0995. The molecule has 0 atom stereocenters. The van der Waals surface area contributed by atoms with Gasteiger partial charge >= 0.3 is 0 Å². The van der Waals surface area contributed by atoms with E-state index in [1.807, 2.05) is 32.0 Å². The van der Waals surface area contributed by atoms with Crippen LogP contribution in [0.2, 0.25) is 0 Å². The first-order chi connectivity index (χ1) is 8.08. The molecule has 88 valence electrons. The van der Waals surface area contributed by atoms with E-state index in [1.165, 1.54) is 11.3 Å². The van der Waals surface area contributed by atoms with Gasteiger partial charge in [0.15, 0.2) is 5.78 Å². The predicted molar refractivity (Wildman–Crippen MR) is 73.8 cm³/mol. The average Bonchev–Trinajstić information content (AvgIpc) is 2.63. The van der Waals surface area contributed by atoms with Gasteiger partial charge in [0.05, 0.1) is 20.8 Å². The van der Waals surface area contributed by atoms with Crippen LogP contribution in [0.15, 0.2) is 28.2 Å². The number of pyridine rings is 1. The summed E-state index contributed by atoms with van der Waals surface area (Å²) in [5, 5.41) is 0. The Morgan fingerprint density at radius 2 is 2.18 bits per heavy atom. The van der Waals surface area contributed by atoms with Crippen molar-refractivity contribution in [2.24, 2.45) is 0 Å². The third-order valence-corrected chi connectivity index (χ3v) is 4.76. The van der Waals surface area contributed by atoms with Crippen LogP contribution in [0.1, 0.15) is 26.5 Å². The lowest BCUT2D eigenvalue weighted by Crippen LogP contribution is -2.04. The van der Waals surface area contributed by atoms with E-state index in [9.17, 15) is 4.79 Å². The van der Waals surface area contributed by atoms with Crippen molar-refractivity contribution in [1.29, 1.82) is 0 Å². The van der Waals surface area contributed by atoms with Crippen LogP contribution in [0, 0.1) is 13.8 Å². The predicted octanol–water partition coefficient (Wildman–Crippen LogP) is 3.95. The molecule has 2 nitrogen and oxygen atoms in total. The zero-order valence-corrected chi connectivity index (χ0v) is 12.1.